The molecule has 6 heteroatoms. The summed E-state index contributed by atoms with van der Waals surface area (Å²) in [5, 5.41) is 10.7. The van der Waals surface area contributed by atoms with Crippen molar-refractivity contribution in [3.8, 4) is 0 Å². The molecule has 0 spiro atoms. The van der Waals surface area contributed by atoms with Crippen LogP contribution < -0.4 is 4.90 Å². The van der Waals surface area contributed by atoms with Gasteiger partial charge in [0.05, 0.1) is 11.5 Å². The summed E-state index contributed by atoms with van der Waals surface area (Å²) < 4.78 is 4.86. The van der Waals surface area contributed by atoms with Crippen LogP contribution in [0.15, 0.2) is 24.3 Å². The smallest absolute Gasteiger partial charge is 0.325 e. The Morgan fingerprint density at radius 1 is 1.44 bits per heavy atom. The lowest BCUT2D eigenvalue weighted by Crippen LogP contribution is -2.30. The van der Waals surface area contributed by atoms with Crippen molar-refractivity contribution in [2.45, 2.75) is 13.8 Å². The second-order valence-corrected chi connectivity index (χ2v) is 3.60. The van der Waals surface area contributed by atoms with Crippen LogP contribution in [0.2, 0.25) is 0 Å². The monoisotopic (exact) mass is 252 g/mol. The largest absolute Gasteiger partial charge is 0.465 e. The molecular weight excluding hydrogens is 236 g/mol. The number of nitro groups is 1. The fourth-order valence-corrected chi connectivity index (χ4v) is 1.55. The highest BCUT2D eigenvalue weighted by Crippen LogP contribution is 2.20. The molecule has 6 nitrogen and oxygen atoms in total. The molecule has 0 aliphatic rings. The zero-order valence-corrected chi connectivity index (χ0v) is 10.5. The molecule has 0 unspecified atom stereocenters. The second-order valence-electron chi connectivity index (χ2n) is 3.60. The average molecular weight is 252 g/mol. The van der Waals surface area contributed by atoms with Gasteiger partial charge in [-0.1, -0.05) is 6.07 Å². The van der Waals surface area contributed by atoms with Gasteiger partial charge in [-0.15, -0.1) is 0 Å². The number of rotatable bonds is 6. The SMILES string of the molecule is CCOC(=O)CN(CC)c1cccc([N+](=O)[O-])c1. The van der Waals surface area contributed by atoms with Crippen LogP contribution in [0.25, 0.3) is 0 Å². The number of carbonyl (C=O) groups is 1. The van der Waals surface area contributed by atoms with Gasteiger partial charge < -0.3 is 9.64 Å². The first-order valence-electron chi connectivity index (χ1n) is 5.73. The lowest BCUT2D eigenvalue weighted by molar-refractivity contribution is -0.384. The molecule has 0 amide bonds. The van der Waals surface area contributed by atoms with Crippen molar-refractivity contribution in [2.24, 2.45) is 0 Å². The zero-order chi connectivity index (χ0) is 13.5. The summed E-state index contributed by atoms with van der Waals surface area (Å²) in [7, 11) is 0. The van der Waals surface area contributed by atoms with Crippen LogP contribution in [0.4, 0.5) is 11.4 Å². The van der Waals surface area contributed by atoms with Crippen molar-refractivity contribution < 1.29 is 14.5 Å². The lowest BCUT2D eigenvalue weighted by Gasteiger charge is -2.21. The molecule has 1 aromatic rings. The predicted molar refractivity (Wildman–Crippen MR) is 67.6 cm³/mol. The minimum absolute atomic E-state index is 0.00908. The molecule has 0 aliphatic carbocycles. The number of nitro benzene ring substituents is 1. The molecule has 18 heavy (non-hydrogen) atoms. The number of hydrogen-bond donors (Lipinski definition) is 0. The Bertz CT molecular complexity index is 434. The topological polar surface area (TPSA) is 72.7 Å². The summed E-state index contributed by atoms with van der Waals surface area (Å²) in [4.78, 5) is 23.4. The molecule has 0 aliphatic heterocycles. The molecule has 0 saturated carbocycles. The van der Waals surface area contributed by atoms with Crippen molar-refractivity contribution in [1.82, 2.24) is 0 Å². The van der Waals surface area contributed by atoms with Gasteiger partial charge >= 0.3 is 5.97 Å². The van der Waals surface area contributed by atoms with Gasteiger partial charge in [-0.25, -0.2) is 0 Å². The van der Waals surface area contributed by atoms with Crippen molar-refractivity contribution >= 4 is 17.3 Å². The van der Waals surface area contributed by atoms with E-state index in [-0.39, 0.29) is 18.2 Å². The Labute approximate surface area is 105 Å². The van der Waals surface area contributed by atoms with Gasteiger partial charge in [0.25, 0.3) is 5.69 Å². The van der Waals surface area contributed by atoms with Gasteiger partial charge in [0.15, 0.2) is 0 Å². The normalized spacial score (nSPS) is 9.89. The number of esters is 1. The van der Waals surface area contributed by atoms with E-state index in [1.54, 1.807) is 24.0 Å². The number of ether oxygens (including phenoxy) is 1. The second kappa shape index (κ2) is 6.58. The third kappa shape index (κ3) is 3.73. The molecule has 0 aromatic heterocycles. The number of non-ortho nitro benzene ring substituents is 1. The zero-order valence-electron chi connectivity index (χ0n) is 10.5. The summed E-state index contributed by atoms with van der Waals surface area (Å²) in [5.41, 5.74) is 0.648. The van der Waals surface area contributed by atoms with Crippen LogP contribution in [0.1, 0.15) is 13.8 Å². The molecule has 0 radical (unpaired) electrons. The summed E-state index contributed by atoms with van der Waals surface area (Å²) in [6.45, 7) is 4.59. The van der Waals surface area contributed by atoms with E-state index >= 15 is 0 Å². The molecule has 0 bridgehead atoms. The van der Waals surface area contributed by atoms with E-state index in [2.05, 4.69) is 0 Å². The first-order valence-corrected chi connectivity index (χ1v) is 5.73. The average Bonchev–Trinajstić information content (AvgIpc) is 2.36. The van der Waals surface area contributed by atoms with Crippen LogP contribution in [0.5, 0.6) is 0 Å². The standard InChI is InChI=1S/C12H16N2O4/c1-3-13(9-12(15)18-4-2)10-6-5-7-11(8-10)14(16)17/h5-8H,3-4,9H2,1-2H3. The number of hydrogen-bond acceptors (Lipinski definition) is 5. The Hall–Kier alpha value is -2.11. The van der Waals surface area contributed by atoms with E-state index in [1.807, 2.05) is 6.92 Å². The van der Waals surface area contributed by atoms with Gasteiger partial charge in [-0.2, -0.15) is 0 Å². The highest BCUT2D eigenvalue weighted by atomic mass is 16.6. The van der Waals surface area contributed by atoms with Crippen molar-refractivity contribution in [3.63, 3.8) is 0 Å². The third-order valence-electron chi connectivity index (χ3n) is 2.41. The fraction of sp³-hybridized carbons (Fsp3) is 0.417. The number of benzene rings is 1. The highest BCUT2D eigenvalue weighted by Gasteiger charge is 2.13. The molecule has 1 rings (SSSR count). The first kappa shape index (κ1) is 14.0. The van der Waals surface area contributed by atoms with Crippen molar-refractivity contribution in [3.05, 3.63) is 34.4 Å². The number of nitrogens with zero attached hydrogens (tertiary/aromatic N) is 2. The summed E-state index contributed by atoms with van der Waals surface area (Å²) >= 11 is 0. The summed E-state index contributed by atoms with van der Waals surface area (Å²) in [5.74, 6) is -0.342. The Morgan fingerprint density at radius 3 is 2.72 bits per heavy atom. The Morgan fingerprint density at radius 2 is 2.17 bits per heavy atom. The van der Waals surface area contributed by atoms with Crippen molar-refractivity contribution in [2.75, 3.05) is 24.6 Å². The van der Waals surface area contributed by atoms with Gasteiger partial charge in [0, 0.05) is 24.4 Å². The third-order valence-corrected chi connectivity index (χ3v) is 2.41. The Kier molecular flexibility index (Phi) is 5.10. The van der Waals surface area contributed by atoms with Gasteiger partial charge in [-0.05, 0) is 19.9 Å². The molecular formula is C12H16N2O4. The van der Waals surface area contributed by atoms with Gasteiger partial charge in [0.1, 0.15) is 6.54 Å². The lowest BCUT2D eigenvalue weighted by atomic mass is 10.2. The maximum atomic E-state index is 11.4. The van der Waals surface area contributed by atoms with Crippen LogP contribution in [0, 0.1) is 10.1 Å². The summed E-state index contributed by atoms with van der Waals surface area (Å²) in [6, 6.07) is 6.20. The van der Waals surface area contributed by atoms with E-state index in [0.717, 1.165) is 0 Å². The quantitative estimate of drug-likeness (QED) is 0.439. The van der Waals surface area contributed by atoms with E-state index < -0.39 is 4.92 Å². The van der Waals surface area contributed by atoms with E-state index in [4.69, 9.17) is 4.74 Å². The van der Waals surface area contributed by atoms with Crippen LogP contribution in [-0.4, -0.2) is 30.6 Å². The number of carbonyl (C=O) groups excluding carboxylic acids is 1. The first-order chi connectivity index (χ1) is 8.58. The van der Waals surface area contributed by atoms with Gasteiger partial charge in [-0.3, -0.25) is 14.9 Å². The van der Waals surface area contributed by atoms with Crippen LogP contribution >= 0.6 is 0 Å². The van der Waals surface area contributed by atoms with Crippen molar-refractivity contribution in [1.29, 1.82) is 0 Å². The Balaban J connectivity index is 2.84. The molecule has 98 valence electrons. The fourth-order valence-electron chi connectivity index (χ4n) is 1.55. The van der Waals surface area contributed by atoms with E-state index in [9.17, 15) is 14.9 Å². The minimum atomic E-state index is -0.457. The maximum absolute atomic E-state index is 11.4. The molecule has 0 N–H and O–H groups in total. The molecule has 0 saturated heterocycles. The van der Waals surface area contributed by atoms with Gasteiger partial charge in [0.2, 0.25) is 0 Å². The van der Waals surface area contributed by atoms with E-state index in [0.29, 0.717) is 18.8 Å². The molecule has 1 aromatic carbocycles. The number of likely N-dealkylation sites (N-methyl/N-ethyl adjacent to an activating group) is 1. The minimum Gasteiger partial charge on any atom is -0.465 e. The maximum Gasteiger partial charge on any atom is 0.325 e. The molecule has 0 atom stereocenters. The van der Waals surface area contributed by atoms with Crippen LogP contribution in [-0.2, 0) is 9.53 Å². The summed E-state index contributed by atoms with van der Waals surface area (Å²) in [6.07, 6.45) is 0. The highest BCUT2D eigenvalue weighted by molar-refractivity contribution is 5.76. The molecule has 0 heterocycles. The predicted octanol–water partition coefficient (Wildman–Crippen LogP) is 1.98. The van der Waals surface area contributed by atoms with E-state index in [1.165, 1.54) is 12.1 Å². The van der Waals surface area contributed by atoms with Crippen LogP contribution in [0.3, 0.4) is 0 Å². The number of anilines is 1. The molecule has 0 fully saturated rings.